The summed E-state index contributed by atoms with van der Waals surface area (Å²) >= 11 is 0. The minimum Gasteiger partial charge on any atom is -0.262 e. The molecule has 1 aromatic carbocycles. The lowest BCUT2D eigenvalue weighted by molar-refractivity contribution is 0.960. The lowest BCUT2D eigenvalue weighted by atomic mass is 10.2. The Balaban J connectivity index is 2.64. The van der Waals surface area contributed by atoms with Gasteiger partial charge < -0.3 is 0 Å². The van der Waals surface area contributed by atoms with Crippen molar-refractivity contribution < 1.29 is 0 Å². The van der Waals surface area contributed by atoms with Crippen molar-refractivity contribution in [2.75, 3.05) is 0 Å². The van der Waals surface area contributed by atoms with Crippen molar-refractivity contribution in [3.8, 4) is 0 Å². The van der Waals surface area contributed by atoms with Crippen molar-refractivity contribution in [1.29, 1.82) is 0 Å². The summed E-state index contributed by atoms with van der Waals surface area (Å²) in [6, 6.07) is 3.77. The molecular weight excluding hydrogens is 178 g/mol. The smallest absolute Gasteiger partial charge is 0.141 e. The van der Waals surface area contributed by atoms with Gasteiger partial charge in [0.1, 0.15) is 16.6 Å². The van der Waals surface area contributed by atoms with Crippen LogP contribution in [0.2, 0.25) is 0 Å². The number of fused-ring (bicyclic) bond motifs is 3. The number of nitrogens with zero attached hydrogens (tertiary/aromatic N) is 5. The molecule has 5 nitrogen and oxygen atoms in total. The summed E-state index contributed by atoms with van der Waals surface area (Å²) in [5.74, 6) is 0. The molecule has 2 aromatic heterocycles. The summed E-state index contributed by atoms with van der Waals surface area (Å²) in [6.45, 7) is 0. The quantitative estimate of drug-likeness (QED) is 0.519. The molecule has 0 radical (unpaired) electrons. The molecule has 5 heteroatoms. The Morgan fingerprint density at radius 3 is 2.93 bits per heavy atom. The van der Waals surface area contributed by atoms with Crippen LogP contribution in [0.3, 0.4) is 0 Å². The molecule has 0 N–H and O–H groups in total. The van der Waals surface area contributed by atoms with E-state index in [0.29, 0.717) is 0 Å². The lowest BCUT2D eigenvalue weighted by Crippen LogP contribution is -1.75. The molecule has 0 amide bonds. The van der Waals surface area contributed by atoms with Gasteiger partial charge in [-0.25, -0.2) is 0 Å². The average Bonchev–Trinajstić information content (AvgIpc) is 2.55. The van der Waals surface area contributed by atoms with E-state index in [1.807, 2.05) is 12.1 Å². The van der Waals surface area contributed by atoms with Gasteiger partial charge in [-0.2, -0.15) is 0 Å². The minimum atomic E-state index is 0.723. The molecule has 0 unspecified atom stereocenters. The van der Waals surface area contributed by atoms with Crippen LogP contribution in [0.1, 0.15) is 0 Å². The maximum absolute atomic E-state index is 4.24. The van der Waals surface area contributed by atoms with Gasteiger partial charge in [0.05, 0.1) is 0 Å². The molecule has 0 spiro atoms. The van der Waals surface area contributed by atoms with Crippen molar-refractivity contribution in [3.05, 3.63) is 30.7 Å². The summed E-state index contributed by atoms with van der Waals surface area (Å²) in [5.41, 5.74) is 2.27. The molecule has 0 saturated heterocycles. The highest BCUT2D eigenvalue weighted by Gasteiger charge is 2.03. The summed E-state index contributed by atoms with van der Waals surface area (Å²) in [7, 11) is 0. The SMILES string of the molecule is c1cnc2c(ccc3nnnc32)cn1. The van der Waals surface area contributed by atoms with Crippen molar-refractivity contribution in [2.24, 2.45) is 0 Å². The average molecular weight is 183 g/mol. The highest BCUT2D eigenvalue weighted by molar-refractivity contribution is 6.00. The number of aromatic nitrogens is 5. The van der Waals surface area contributed by atoms with Crippen molar-refractivity contribution >= 4 is 21.9 Å². The molecule has 0 aliphatic rings. The molecule has 0 bridgehead atoms. The third-order valence-corrected chi connectivity index (χ3v) is 2.03. The standard InChI is InChI=1S/C9H5N5/c1-2-7-9(13-14-12-7)8-6(1)5-10-3-4-11-8/h1-5H. The van der Waals surface area contributed by atoms with Gasteiger partial charge in [0.15, 0.2) is 0 Å². The normalized spacial score (nSPS) is 10.9. The molecular formula is C9H5N5. The van der Waals surface area contributed by atoms with Crippen LogP contribution in [0.5, 0.6) is 0 Å². The van der Waals surface area contributed by atoms with E-state index in [-0.39, 0.29) is 0 Å². The summed E-state index contributed by atoms with van der Waals surface area (Å²) in [4.78, 5) is 8.27. The van der Waals surface area contributed by atoms with Crippen molar-refractivity contribution in [3.63, 3.8) is 0 Å². The number of hydrogen-bond acceptors (Lipinski definition) is 5. The fourth-order valence-electron chi connectivity index (χ4n) is 1.39. The summed E-state index contributed by atoms with van der Waals surface area (Å²) < 4.78 is 0. The first-order valence-electron chi connectivity index (χ1n) is 4.13. The Labute approximate surface area is 78.8 Å². The third kappa shape index (κ3) is 0.922. The van der Waals surface area contributed by atoms with Crippen LogP contribution < -0.4 is 0 Å². The van der Waals surface area contributed by atoms with Crippen LogP contribution in [-0.4, -0.2) is 25.4 Å². The Morgan fingerprint density at radius 1 is 0.929 bits per heavy atom. The van der Waals surface area contributed by atoms with Crippen molar-refractivity contribution in [1.82, 2.24) is 25.4 Å². The van der Waals surface area contributed by atoms with Crippen LogP contribution in [-0.2, 0) is 0 Å². The molecule has 0 aliphatic heterocycles. The van der Waals surface area contributed by atoms with Gasteiger partial charge in [0.2, 0.25) is 0 Å². The van der Waals surface area contributed by atoms with Gasteiger partial charge in [-0.1, -0.05) is 0 Å². The molecule has 0 atom stereocenters. The number of hydrogen-bond donors (Lipinski definition) is 0. The van der Waals surface area contributed by atoms with E-state index in [4.69, 9.17) is 0 Å². The Kier molecular flexibility index (Phi) is 1.38. The highest BCUT2D eigenvalue weighted by Crippen LogP contribution is 2.17. The highest BCUT2D eigenvalue weighted by atomic mass is 15.3. The molecule has 0 aliphatic carbocycles. The van der Waals surface area contributed by atoms with E-state index >= 15 is 0 Å². The molecule has 0 fully saturated rings. The fraction of sp³-hybridized carbons (Fsp3) is 0. The van der Waals surface area contributed by atoms with Crippen LogP contribution in [0.4, 0.5) is 0 Å². The second kappa shape index (κ2) is 2.66. The van der Waals surface area contributed by atoms with Crippen LogP contribution in [0, 0.1) is 0 Å². The number of benzene rings is 1. The minimum absolute atomic E-state index is 0.723. The molecule has 14 heavy (non-hydrogen) atoms. The zero-order chi connectivity index (χ0) is 9.38. The largest absolute Gasteiger partial charge is 0.262 e. The Hall–Kier alpha value is -2.17. The van der Waals surface area contributed by atoms with Gasteiger partial charge in [-0.3, -0.25) is 9.97 Å². The van der Waals surface area contributed by atoms with Gasteiger partial charge in [0.25, 0.3) is 0 Å². The lowest BCUT2D eigenvalue weighted by Gasteiger charge is -1.89. The van der Waals surface area contributed by atoms with Gasteiger partial charge in [-0.05, 0) is 17.3 Å². The first-order valence-corrected chi connectivity index (χ1v) is 4.13. The van der Waals surface area contributed by atoms with E-state index in [1.54, 1.807) is 18.6 Å². The maximum atomic E-state index is 4.24. The fourth-order valence-corrected chi connectivity index (χ4v) is 1.39. The molecule has 3 rings (SSSR count). The molecule has 2 heterocycles. The molecule has 0 saturated carbocycles. The number of rotatable bonds is 0. The first kappa shape index (κ1) is 7.25. The zero-order valence-electron chi connectivity index (χ0n) is 7.12. The van der Waals surface area contributed by atoms with Gasteiger partial charge >= 0.3 is 0 Å². The topological polar surface area (TPSA) is 64.5 Å². The maximum Gasteiger partial charge on any atom is 0.141 e. The predicted octanol–water partition coefficient (Wildman–Crippen LogP) is 0.968. The van der Waals surface area contributed by atoms with E-state index in [9.17, 15) is 0 Å². The van der Waals surface area contributed by atoms with Crippen molar-refractivity contribution in [2.45, 2.75) is 0 Å². The van der Waals surface area contributed by atoms with E-state index in [1.165, 1.54) is 0 Å². The zero-order valence-corrected chi connectivity index (χ0v) is 7.12. The van der Waals surface area contributed by atoms with E-state index < -0.39 is 0 Å². The molecule has 66 valence electrons. The summed E-state index contributed by atoms with van der Waals surface area (Å²) in [5, 5.41) is 12.3. The van der Waals surface area contributed by atoms with Crippen LogP contribution in [0.25, 0.3) is 21.9 Å². The first-order chi connectivity index (χ1) is 6.95. The van der Waals surface area contributed by atoms with Crippen LogP contribution >= 0.6 is 0 Å². The van der Waals surface area contributed by atoms with E-state index in [0.717, 1.165) is 21.9 Å². The Bertz CT molecular complexity index is 607. The second-order valence-corrected chi connectivity index (χ2v) is 2.87. The third-order valence-electron chi connectivity index (χ3n) is 2.03. The Morgan fingerprint density at radius 2 is 1.93 bits per heavy atom. The van der Waals surface area contributed by atoms with Crippen LogP contribution in [0.15, 0.2) is 30.7 Å². The second-order valence-electron chi connectivity index (χ2n) is 2.87. The summed E-state index contributed by atoms with van der Waals surface area (Å²) in [6.07, 6.45) is 5.02. The monoisotopic (exact) mass is 183 g/mol. The van der Waals surface area contributed by atoms with Gasteiger partial charge in [-0.15, -0.1) is 10.2 Å². The predicted molar refractivity (Wildman–Crippen MR) is 50.4 cm³/mol. The van der Waals surface area contributed by atoms with Gasteiger partial charge in [0, 0.05) is 24.0 Å². The van der Waals surface area contributed by atoms with E-state index in [2.05, 4.69) is 25.4 Å². The molecule has 3 aromatic rings.